The predicted octanol–water partition coefficient (Wildman–Crippen LogP) is 4.15. The molecule has 2 aromatic rings. The lowest BCUT2D eigenvalue weighted by atomic mass is 10.2. The summed E-state index contributed by atoms with van der Waals surface area (Å²) in [5.74, 6) is 0.901. The topological polar surface area (TPSA) is 39.2 Å². The lowest BCUT2D eigenvalue weighted by molar-refractivity contribution is 0.101. The van der Waals surface area contributed by atoms with Gasteiger partial charge in [0.05, 0.1) is 10.0 Å². The Balaban J connectivity index is 2.37. The van der Waals surface area contributed by atoms with Crippen molar-refractivity contribution in [2.24, 2.45) is 0 Å². The number of nitrogens with zero attached hydrogens (tertiary/aromatic N) is 1. The molecule has 2 rings (SSSR count). The van der Waals surface area contributed by atoms with Crippen LogP contribution in [0.15, 0.2) is 41.0 Å². The van der Waals surface area contributed by atoms with E-state index in [0.29, 0.717) is 17.2 Å². The van der Waals surface area contributed by atoms with E-state index in [-0.39, 0.29) is 5.78 Å². The second kappa shape index (κ2) is 5.31. The number of aryl methyl sites for hydroxylation is 1. The lowest BCUT2D eigenvalue weighted by Gasteiger charge is -2.09. The Labute approximate surface area is 114 Å². The number of carbonyl (C=O) groups is 1. The van der Waals surface area contributed by atoms with Crippen molar-refractivity contribution in [1.82, 2.24) is 4.98 Å². The lowest BCUT2D eigenvalue weighted by Crippen LogP contribution is -1.99. The first kappa shape index (κ1) is 12.8. The van der Waals surface area contributed by atoms with Gasteiger partial charge < -0.3 is 4.74 Å². The first-order valence-corrected chi connectivity index (χ1v) is 6.27. The van der Waals surface area contributed by atoms with Gasteiger partial charge in [-0.15, -0.1) is 0 Å². The normalized spacial score (nSPS) is 10.2. The third-order valence-corrected chi connectivity index (χ3v) is 3.06. The molecule has 4 heteroatoms. The Morgan fingerprint density at radius 1 is 1.33 bits per heavy atom. The van der Waals surface area contributed by atoms with Crippen LogP contribution in [0.1, 0.15) is 22.8 Å². The van der Waals surface area contributed by atoms with Gasteiger partial charge in [-0.25, -0.2) is 4.98 Å². The summed E-state index contributed by atoms with van der Waals surface area (Å²) in [4.78, 5) is 15.6. The minimum Gasteiger partial charge on any atom is -0.437 e. The maximum Gasteiger partial charge on any atom is 0.230 e. The Hall–Kier alpha value is -1.68. The average molecular weight is 306 g/mol. The van der Waals surface area contributed by atoms with Crippen molar-refractivity contribution in [3.63, 3.8) is 0 Å². The summed E-state index contributed by atoms with van der Waals surface area (Å²) >= 11 is 3.43. The van der Waals surface area contributed by atoms with E-state index in [9.17, 15) is 4.79 Å². The fourth-order valence-corrected chi connectivity index (χ4v) is 2.11. The zero-order chi connectivity index (χ0) is 13.1. The Morgan fingerprint density at radius 3 is 2.78 bits per heavy atom. The minimum absolute atomic E-state index is 0.0682. The number of ether oxygens (including phenoxy) is 1. The number of benzene rings is 1. The van der Waals surface area contributed by atoms with Gasteiger partial charge in [0.15, 0.2) is 5.78 Å². The van der Waals surface area contributed by atoms with Gasteiger partial charge in [0.25, 0.3) is 0 Å². The van der Waals surface area contributed by atoms with E-state index in [4.69, 9.17) is 4.74 Å². The molecule has 0 unspecified atom stereocenters. The smallest absolute Gasteiger partial charge is 0.230 e. The van der Waals surface area contributed by atoms with Crippen LogP contribution in [0.3, 0.4) is 0 Å². The van der Waals surface area contributed by atoms with Crippen molar-refractivity contribution in [2.75, 3.05) is 0 Å². The number of hydrogen-bond acceptors (Lipinski definition) is 3. The van der Waals surface area contributed by atoms with Gasteiger partial charge in [0.1, 0.15) is 5.75 Å². The highest BCUT2D eigenvalue weighted by atomic mass is 79.9. The third-order valence-electron chi connectivity index (χ3n) is 2.44. The molecule has 0 aliphatic carbocycles. The van der Waals surface area contributed by atoms with Gasteiger partial charge in [-0.1, -0.05) is 6.07 Å². The molecule has 0 N–H and O–H groups in total. The molecule has 0 spiro atoms. The molecule has 0 radical (unpaired) electrons. The van der Waals surface area contributed by atoms with Gasteiger partial charge in [0.2, 0.25) is 5.88 Å². The van der Waals surface area contributed by atoms with Crippen LogP contribution in [0.25, 0.3) is 0 Å². The summed E-state index contributed by atoms with van der Waals surface area (Å²) in [7, 11) is 0. The average Bonchev–Trinajstić information content (AvgIpc) is 2.33. The van der Waals surface area contributed by atoms with E-state index in [1.54, 1.807) is 18.3 Å². The molecular weight excluding hydrogens is 294 g/mol. The van der Waals surface area contributed by atoms with E-state index in [1.165, 1.54) is 6.92 Å². The number of halogens is 1. The van der Waals surface area contributed by atoms with Crippen molar-refractivity contribution < 1.29 is 9.53 Å². The Morgan fingerprint density at radius 2 is 2.11 bits per heavy atom. The highest BCUT2D eigenvalue weighted by Crippen LogP contribution is 2.30. The summed E-state index contributed by atoms with van der Waals surface area (Å²) in [6.45, 7) is 3.49. The summed E-state index contributed by atoms with van der Waals surface area (Å²) < 4.78 is 6.51. The number of rotatable bonds is 3. The fraction of sp³-hybridized carbons (Fsp3) is 0.143. The number of pyridine rings is 1. The van der Waals surface area contributed by atoms with E-state index < -0.39 is 0 Å². The largest absolute Gasteiger partial charge is 0.437 e. The van der Waals surface area contributed by atoms with Crippen molar-refractivity contribution in [3.05, 3.63) is 52.1 Å². The van der Waals surface area contributed by atoms with Crippen LogP contribution >= 0.6 is 15.9 Å². The molecule has 1 heterocycles. The highest BCUT2D eigenvalue weighted by molar-refractivity contribution is 9.10. The molecule has 0 bridgehead atoms. The number of ketones is 1. The summed E-state index contributed by atoms with van der Waals surface area (Å²) in [5, 5.41) is 0. The monoisotopic (exact) mass is 305 g/mol. The standard InChI is InChI=1S/C14H12BrNO2/c1-9-5-6-13(12(15)8-9)18-14-11(10(2)17)4-3-7-16-14/h3-8H,1-2H3. The molecule has 0 atom stereocenters. The quantitative estimate of drug-likeness (QED) is 0.800. The maximum absolute atomic E-state index is 11.5. The van der Waals surface area contributed by atoms with Crippen LogP contribution in [-0.4, -0.2) is 10.8 Å². The molecule has 0 saturated heterocycles. The molecule has 1 aromatic carbocycles. The summed E-state index contributed by atoms with van der Waals surface area (Å²) in [6, 6.07) is 9.15. The first-order valence-electron chi connectivity index (χ1n) is 5.48. The van der Waals surface area contributed by atoms with E-state index in [1.807, 2.05) is 25.1 Å². The highest BCUT2D eigenvalue weighted by Gasteiger charge is 2.11. The van der Waals surface area contributed by atoms with E-state index in [0.717, 1.165) is 10.0 Å². The van der Waals surface area contributed by atoms with Gasteiger partial charge in [-0.3, -0.25) is 4.79 Å². The van der Waals surface area contributed by atoms with E-state index >= 15 is 0 Å². The summed E-state index contributed by atoms with van der Waals surface area (Å²) in [5.41, 5.74) is 1.60. The minimum atomic E-state index is -0.0682. The van der Waals surface area contributed by atoms with Crippen molar-refractivity contribution >= 4 is 21.7 Å². The second-order valence-corrected chi connectivity index (χ2v) is 4.80. The van der Waals surface area contributed by atoms with Gasteiger partial charge in [0, 0.05) is 6.20 Å². The molecule has 92 valence electrons. The zero-order valence-electron chi connectivity index (χ0n) is 10.1. The number of hydrogen-bond donors (Lipinski definition) is 0. The molecule has 3 nitrogen and oxygen atoms in total. The zero-order valence-corrected chi connectivity index (χ0v) is 11.7. The number of aromatic nitrogens is 1. The SMILES string of the molecule is CC(=O)c1cccnc1Oc1ccc(C)cc1Br. The third kappa shape index (κ3) is 2.76. The predicted molar refractivity (Wildman–Crippen MR) is 73.2 cm³/mol. The summed E-state index contributed by atoms with van der Waals surface area (Å²) in [6.07, 6.45) is 1.60. The number of Topliss-reactive ketones (excluding diaryl/α,β-unsaturated/α-hetero) is 1. The van der Waals surface area contributed by atoms with Crippen LogP contribution in [-0.2, 0) is 0 Å². The van der Waals surface area contributed by atoms with Crippen LogP contribution in [0.2, 0.25) is 0 Å². The molecule has 0 aliphatic heterocycles. The Bertz CT molecular complexity index is 596. The van der Waals surface area contributed by atoms with Gasteiger partial charge >= 0.3 is 0 Å². The number of carbonyl (C=O) groups excluding carboxylic acids is 1. The molecule has 18 heavy (non-hydrogen) atoms. The van der Waals surface area contributed by atoms with Gasteiger partial charge in [-0.05, 0) is 59.6 Å². The van der Waals surface area contributed by atoms with Crippen LogP contribution in [0.4, 0.5) is 0 Å². The Kier molecular flexibility index (Phi) is 3.77. The molecule has 0 fully saturated rings. The molecule has 0 saturated carbocycles. The second-order valence-electron chi connectivity index (χ2n) is 3.95. The molecule has 0 amide bonds. The molecular formula is C14H12BrNO2. The van der Waals surface area contributed by atoms with Crippen molar-refractivity contribution in [2.45, 2.75) is 13.8 Å². The first-order chi connectivity index (χ1) is 8.58. The van der Waals surface area contributed by atoms with Crippen LogP contribution < -0.4 is 4.74 Å². The molecule has 1 aromatic heterocycles. The van der Waals surface area contributed by atoms with Gasteiger partial charge in [-0.2, -0.15) is 0 Å². The van der Waals surface area contributed by atoms with Crippen LogP contribution in [0, 0.1) is 6.92 Å². The maximum atomic E-state index is 11.5. The molecule has 0 aliphatic rings. The fourth-order valence-electron chi connectivity index (χ4n) is 1.53. The van der Waals surface area contributed by atoms with Crippen molar-refractivity contribution in [3.8, 4) is 11.6 Å². The van der Waals surface area contributed by atoms with Crippen LogP contribution in [0.5, 0.6) is 11.6 Å². The van der Waals surface area contributed by atoms with Crippen molar-refractivity contribution in [1.29, 1.82) is 0 Å². The van der Waals surface area contributed by atoms with E-state index in [2.05, 4.69) is 20.9 Å².